The fraction of sp³-hybridized carbons (Fsp3) is 0.733. The van der Waals surface area contributed by atoms with E-state index in [1.54, 1.807) is 0 Å². The Morgan fingerprint density at radius 3 is 3.00 bits per heavy atom. The molecular formula is C15H26N4O2. The van der Waals surface area contributed by atoms with Crippen LogP contribution < -0.4 is 5.32 Å². The molecule has 0 radical (unpaired) electrons. The lowest BCUT2D eigenvalue weighted by molar-refractivity contribution is -0.120. The minimum Gasteiger partial charge on any atom is -0.396 e. The Kier molecular flexibility index (Phi) is 5.76. The van der Waals surface area contributed by atoms with Gasteiger partial charge in [-0.15, -0.1) is 0 Å². The molecule has 2 heterocycles. The minimum absolute atomic E-state index is 0.0401. The number of carbonyl (C=O) groups excluding carboxylic acids is 1. The lowest BCUT2D eigenvalue weighted by Gasteiger charge is -2.31. The fourth-order valence-corrected chi connectivity index (χ4v) is 2.91. The first-order valence-corrected chi connectivity index (χ1v) is 7.70. The molecule has 0 spiro atoms. The van der Waals surface area contributed by atoms with Gasteiger partial charge in [0.2, 0.25) is 5.91 Å². The molecule has 0 aromatic carbocycles. The van der Waals surface area contributed by atoms with Gasteiger partial charge in [0.1, 0.15) is 0 Å². The molecule has 2 rings (SSSR count). The number of nitrogens with one attached hydrogen (secondary N) is 2. The Labute approximate surface area is 125 Å². The third kappa shape index (κ3) is 4.54. The second kappa shape index (κ2) is 7.56. The molecule has 118 valence electrons. The van der Waals surface area contributed by atoms with E-state index in [0.29, 0.717) is 18.9 Å². The summed E-state index contributed by atoms with van der Waals surface area (Å²) in [5.74, 6) is 0.434. The lowest BCUT2D eigenvalue weighted by atomic mass is 9.99. The SMILES string of the molecule is Cc1n[nH]c(C)c1CC(=O)NCCN1CCC[C@H](CO)C1. The Balaban J connectivity index is 1.70. The van der Waals surface area contributed by atoms with Crippen molar-refractivity contribution >= 4 is 5.91 Å². The van der Waals surface area contributed by atoms with Gasteiger partial charge in [0.15, 0.2) is 0 Å². The molecule has 6 nitrogen and oxygen atoms in total. The summed E-state index contributed by atoms with van der Waals surface area (Å²) in [6.07, 6.45) is 2.62. The first-order valence-electron chi connectivity index (χ1n) is 7.70. The van der Waals surface area contributed by atoms with Crippen LogP contribution in [0.4, 0.5) is 0 Å². The van der Waals surface area contributed by atoms with Gasteiger partial charge < -0.3 is 15.3 Å². The van der Waals surface area contributed by atoms with Crippen molar-refractivity contribution in [3.05, 3.63) is 17.0 Å². The summed E-state index contributed by atoms with van der Waals surface area (Å²) < 4.78 is 0. The quantitative estimate of drug-likeness (QED) is 0.709. The van der Waals surface area contributed by atoms with E-state index in [1.807, 2.05) is 13.8 Å². The molecule has 1 fully saturated rings. The van der Waals surface area contributed by atoms with Crippen molar-refractivity contribution in [3.63, 3.8) is 0 Å². The molecule has 3 N–H and O–H groups in total. The fourth-order valence-electron chi connectivity index (χ4n) is 2.91. The number of aliphatic hydroxyl groups excluding tert-OH is 1. The summed E-state index contributed by atoms with van der Waals surface area (Å²) in [6, 6.07) is 0. The number of hydrogen-bond acceptors (Lipinski definition) is 4. The zero-order valence-electron chi connectivity index (χ0n) is 13.0. The maximum atomic E-state index is 12.0. The molecule has 1 saturated heterocycles. The van der Waals surface area contributed by atoms with Crippen LogP contribution in [0.3, 0.4) is 0 Å². The highest BCUT2D eigenvalue weighted by molar-refractivity contribution is 5.79. The molecule has 6 heteroatoms. The zero-order valence-corrected chi connectivity index (χ0v) is 13.0. The number of aliphatic hydroxyl groups is 1. The number of aryl methyl sites for hydroxylation is 2. The molecule has 0 aliphatic carbocycles. The van der Waals surface area contributed by atoms with E-state index in [9.17, 15) is 9.90 Å². The predicted octanol–water partition coefficient (Wildman–Crippen LogP) is 0.390. The van der Waals surface area contributed by atoms with Crippen molar-refractivity contribution in [2.24, 2.45) is 5.92 Å². The predicted molar refractivity (Wildman–Crippen MR) is 81.0 cm³/mol. The monoisotopic (exact) mass is 294 g/mol. The Hall–Kier alpha value is -1.40. The van der Waals surface area contributed by atoms with Crippen LogP contribution in [0.25, 0.3) is 0 Å². The zero-order chi connectivity index (χ0) is 15.2. The molecule has 1 aliphatic heterocycles. The average Bonchev–Trinajstić information content (AvgIpc) is 2.79. The molecule has 0 bridgehead atoms. The summed E-state index contributed by atoms with van der Waals surface area (Å²) in [5.41, 5.74) is 2.85. The summed E-state index contributed by atoms with van der Waals surface area (Å²) in [7, 11) is 0. The Morgan fingerprint density at radius 1 is 1.52 bits per heavy atom. The summed E-state index contributed by atoms with van der Waals surface area (Å²) >= 11 is 0. The van der Waals surface area contributed by atoms with Crippen molar-refractivity contribution in [3.8, 4) is 0 Å². The van der Waals surface area contributed by atoms with E-state index in [4.69, 9.17) is 0 Å². The van der Waals surface area contributed by atoms with Gasteiger partial charge in [-0.2, -0.15) is 5.10 Å². The molecule has 1 amide bonds. The molecule has 1 aliphatic rings. The van der Waals surface area contributed by atoms with E-state index < -0.39 is 0 Å². The summed E-state index contributed by atoms with van der Waals surface area (Å²) in [6.45, 7) is 7.62. The van der Waals surface area contributed by atoms with Gasteiger partial charge in [-0.1, -0.05) is 0 Å². The molecule has 21 heavy (non-hydrogen) atoms. The van der Waals surface area contributed by atoms with Crippen LogP contribution in [0.15, 0.2) is 0 Å². The van der Waals surface area contributed by atoms with Gasteiger partial charge in [0.05, 0.1) is 12.1 Å². The van der Waals surface area contributed by atoms with Crippen LogP contribution in [0.5, 0.6) is 0 Å². The third-order valence-corrected chi connectivity index (χ3v) is 4.23. The van der Waals surface area contributed by atoms with E-state index in [2.05, 4.69) is 20.4 Å². The normalized spacial score (nSPS) is 19.7. The van der Waals surface area contributed by atoms with Crippen molar-refractivity contribution in [1.29, 1.82) is 0 Å². The molecule has 1 aromatic heterocycles. The second-order valence-electron chi connectivity index (χ2n) is 5.93. The highest BCUT2D eigenvalue weighted by Crippen LogP contribution is 2.15. The molecular weight excluding hydrogens is 268 g/mol. The number of piperidine rings is 1. The number of likely N-dealkylation sites (tertiary alicyclic amines) is 1. The molecule has 0 unspecified atom stereocenters. The minimum atomic E-state index is 0.0401. The largest absolute Gasteiger partial charge is 0.396 e. The Morgan fingerprint density at radius 2 is 2.33 bits per heavy atom. The van der Waals surface area contributed by atoms with Gasteiger partial charge in [-0.05, 0) is 39.2 Å². The van der Waals surface area contributed by atoms with Crippen LogP contribution in [0, 0.1) is 19.8 Å². The summed E-state index contributed by atoms with van der Waals surface area (Å²) in [5, 5.41) is 19.2. The topological polar surface area (TPSA) is 81.2 Å². The molecule has 0 saturated carbocycles. The maximum absolute atomic E-state index is 12.0. The second-order valence-corrected chi connectivity index (χ2v) is 5.93. The van der Waals surface area contributed by atoms with Crippen LogP contribution in [0.2, 0.25) is 0 Å². The van der Waals surface area contributed by atoms with Crippen molar-refractivity contribution in [1.82, 2.24) is 20.4 Å². The van der Waals surface area contributed by atoms with E-state index >= 15 is 0 Å². The van der Waals surface area contributed by atoms with Crippen molar-refractivity contribution < 1.29 is 9.90 Å². The highest BCUT2D eigenvalue weighted by Gasteiger charge is 2.19. The number of amides is 1. The third-order valence-electron chi connectivity index (χ3n) is 4.23. The van der Waals surface area contributed by atoms with E-state index in [1.165, 1.54) is 0 Å². The smallest absolute Gasteiger partial charge is 0.224 e. The van der Waals surface area contributed by atoms with E-state index in [-0.39, 0.29) is 12.5 Å². The van der Waals surface area contributed by atoms with Crippen molar-refractivity contribution in [2.75, 3.05) is 32.8 Å². The van der Waals surface area contributed by atoms with Gasteiger partial charge in [-0.3, -0.25) is 9.89 Å². The van der Waals surface area contributed by atoms with Crippen molar-refractivity contribution in [2.45, 2.75) is 33.1 Å². The number of aromatic nitrogens is 2. The number of aromatic amines is 1. The average molecular weight is 294 g/mol. The van der Waals surface area contributed by atoms with Crippen LogP contribution in [-0.2, 0) is 11.2 Å². The standard InChI is InChI=1S/C15H26N4O2/c1-11-14(12(2)18-17-11)8-15(21)16-5-7-19-6-3-4-13(9-19)10-20/h13,20H,3-10H2,1-2H3,(H,16,21)(H,17,18)/t13-/m0/s1. The van der Waals surface area contributed by atoms with E-state index in [0.717, 1.165) is 49.4 Å². The lowest BCUT2D eigenvalue weighted by Crippen LogP contribution is -2.41. The maximum Gasteiger partial charge on any atom is 0.224 e. The Bertz CT molecular complexity index is 453. The number of carbonyl (C=O) groups is 1. The summed E-state index contributed by atoms with van der Waals surface area (Å²) in [4.78, 5) is 14.3. The van der Waals surface area contributed by atoms with Crippen LogP contribution in [-0.4, -0.2) is 58.9 Å². The first-order chi connectivity index (χ1) is 10.1. The van der Waals surface area contributed by atoms with Gasteiger partial charge in [0.25, 0.3) is 0 Å². The number of H-pyrrole nitrogens is 1. The number of nitrogens with zero attached hydrogens (tertiary/aromatic N) is 2. The highest BCUT2D eigenvalue weighted by atomic mass is 16.3. The molecule has 1 atom stereocenters. The number of hydrogen-bond donors (Lipinski definition) is 3. The van der Waals surface area contributed by atoms with Gasteiger partial charge >= 0.3 is 0 Å². The van der Waals surface area contributed by atoms with Gasteiger partial charge in [0, 0.05) is 37.5 Å². The van der Waals surface area contributed by atoms with Crippen LogP contribution >= 0.6 is 0 Å². The first kappa shape index (κ1) is 16.0. The number of rotatable bonds is 6. The van der Waals surface area contributed by atoms with Crippen LogP contribution in [0.1, 0.15) is 29.8 Å². The van der Waals surface area contributed by atoms with Gasteiger partial charge in [-0.25, -0.2) is 0 Å². The molecule has 1 aromatic rings.